The van der Waals surface area contributed by atoms with Crippen LogP contribution < -0.4 is 11.1 Å². The van der Waals surface area contributed by atoms with Crippen molar-refractivity contribution in [1.82, 2.24) is 5.32 Å². The second-order valence-corrected chi connectivity index (χ2v) is 3.57. The zero-order chi connectivity index (χ0) is 11.8. The lowest BCUT2D eigenvalue weighted by molar-refractivity contribution is -0.145. The second-order valence-electron chi connectivity index (χ2n) is 3.57. The van der Waals surface area contributed by atoms with Gasteiger partial charge in [0.25, 0.3) is 0 Å². The lowest BCUT2D eigenvalue weighted by atomic mass is 10.1. The topological polar surface area (TPSA) is 81.4 Å². The van der Waals surface area contributed by atoms with Crippen LogP contribution in [0.2, 0.25) is 0 Å². The van der Waals surface area contributed by atoms with Crippen molar-refractivity contribution in [1.29, 1.82) is 0 Å². The molecular weight excluding hydrogens is 232 g/mol. The van der Waals surface area contributed by atoms with Crippen LogP contribution in [0.1, 0.15) is 33.1 Å². The quantitative estimate of drug-likeness (QED) is 0.679. The number of esters is 1. The second kappa shape index (κ2) is 9.42. The van der Waals surface area contributed by atoms with Crippen LogP contribution in [0.5, 0.6) is 0 Å². The minimum absolute atomic E-state index is 0. The summed E-state index contributed by atoms with van der Waals surface area (Å²) in [5, 5.41) is 2.60. The lowest BCUT2D eigenvalue weighted by Crippen LogP contribution is -2.41. The van der Waals surface area contributed by atoms with Crippen LogP contribution in [0.25, 0.3) is 0 Å². The van der Waals surface area contributed by atoms with Crippen LogP contribution in [0, 0.1) is 0 Å². The molecule has 3 N–H and O–H groups in total. The summed E-state index contributed by atoms with van der Waals surface area (Å²) >= 11 is 0. The summed E-state index contributed by atoms with van der Waals surface area (Å²) in [5.41, 5.74) is 5.52. The first kappa shape index (κ1) is 17.6. The van der Waals surface area contributed by atoms with Crippen LogP contribution in [0.3, 0.4) is 0 Å². The third kappa shape index (κ3) is 7.48. The smallest absolute Gasteiger partial charge is 0.328 e. The number of hydrogen-bond donors (Lipinski definition) is 2. The number of nitrogens with two attached hydrogens (primary N) is 1. The molecule has 0 aromatic rings. The van der Waals surface area contributed by atoms with E-state index in [2.05, 4.69) is 10.1 Å². The van der Waals surface area contributed by atoms with Crippen LogP contribution >= 0.6 is 12.4 Å². The van der Waals surface area contributed by atoms with Crippen LogP contribution in [-0.2, 0) is 14.3 Å². The fraction of sp³-hybridized carbons (Fsp3) is 0.800. The first-order valence-electron chi connectivity index (χ1n) is 5.14. The molecule has 2 atom stereocenters. The van der Waals surface area contributed by atoms with Gasteiger partial charge in [0.05, 0.1) is 7.11 Å². The van der Waals surface area contributed by atoms with Gasteiger partial charge in [-0.15, -0.1) is 12.4 Å². The van der Waals surface area contributed by atoms with Crippen molar-refractivity contribution in [3.05, 3.63) is 0 Å². The summed E-state index contributed by atoms with van der Waals surface area (Å²) in [6, 6.07) is -0.551. The molecule has 2 unspecified atom stereocenters. The third-order valence-corrected chi connectivity index (χ3v) is 2.06. The summed E-state index contributed by atoms with van der Waals surface area (Å²) in [6.07, 6.45) is 1.48. The summed E-state index contributed by atoms with van der Waals surface area (Å²) in [5.74, 6) is -0.573. The molecule has 5 nitrogen and oxygen atoms in total. The Kier molecular flexibility index (Phi) is 10.3. The van der Waals surface area contributed by atoms with Crippen molar-refractivity contribution in [3.63, 3.8) is 0 Å². The van der Waals surface area contributed by atoms with E-state index in [1.54, 1.807) is 0 Å². The predicted octanol–water partition coefficient (Wildman–Crippen LogP) is 0.603. The van der Waals surface area contributed by atoms with Crippen molar-refractivity contribution in [2.45, 2.75) is 45.2 Å². The highest BCUT2D eigenvalue weighted by Gasteiger charge is 2.18. The summed E-state index contributed by atoms with van der Waals surface area (Å²) < 4.78 is 4.55. The van der Waals surface area contributed by atoms with Crippen LogP contribution in [0.4, 0.5) is 0 Å². The number of halogens is 1. The molecule has 0 heterocycles. The van der Waals surface area contributed by atoms with Gasteiger partial charge >= 0.3 is 5.97 Å². The molecule has 0 fully saturated rings. The third-order valence-electron chi connectivity index (χ3n) is 2.06. The Labute approximate surface area is 103 Å². The maximum Gasteiger partial charge on any atom is 0.328 e. The van der Waals surface area contributed by atoms with Gasteiger partial charge in [0.1, 0.15) is 6.04 Å². The van der Waals surface area contributed by atoms with Crippen LogP contribution in [0.15, 0.2) is 0 Å². The van der Waals surface area contributed by atoms with Gasteiger partial charge in [-0.05, 0) is 19.8 Å². The predicted molar refractivity (Wildman–Crippen MR) is 64.4 cm³/mol. The minimum atomic E-state index is -0.546. The number of carbonyl (C=O) groups excluding carboxylic acids is 2. The number of ether oxygens (including phenoxy) is 1. The van der Waals surface area contributed by atoms with Gasteiger partial charge in [-0.25, -0.2) is 4.79 Å². The monoisotopic (exact) mass is 252 g/mol. The molecule has 16 heavy (non-hydrogen) atoms. The van der Waals surface area contributed by atoms with Gasteiger partial charge in [-0.1, -0.05) is 6.92 Å². The Morgan fingerprint density at radius 1 is 1.44 bits per heavy atom. The molecule has 0 aliphatic heterocycles. The first-order chi connectivity index (χ1) is 7.01. The Morgan fingerprint density at radius 2 is 2.00 bits per heavy atom. The molecular formula is C10H21ClN2O3. The van der Waals surface area contributed by atoms with Gasteiger partial charge in [-0.3, -0.25) is 4.79 Å². The maximum absolute atomic E-state index is 11.4. The summed E-state index contributed by atoms with van der Waals surface area (Å²) in [7, 11) is 1.30. The Hall–Kier alpha value is -0.810. The highest BCUT2D eigenvalue weighted by molar-refractivity contribution is 5.85. The van der Waals surface area contributed by atoms with Crippen molar-refractivity contribution < 1.29 is 14.3 Å². The highest BCUT2D eigenvalue weighted by atomic mass is 35.5. The SMILES string of the molecule is CCC(NC(=O)CCC(C)N)C(=O)OC.Cl. The molecule has 0 aromatic heterocycles. The Morgan fingerprint density at radius 3 is 2.38 bits per heavy atom. The molecule has 6 heteroatoms. The van der Waals surface area contributed by atoms with E-state index in [0.717, 1.165) is 0 Å². The number of hydrogen-bond acceptors (Lipinski definition) is 4. The Bertz CT molecular complexity index is 222. The minimum Gasteiger partial charge on any atom is -0.467 e. The van der Waals surface area contributed by atoms with Gasteiger partial charge in [0.15, 0.2) is 0 Å². The van der Waals surface area contributed by atoms with E-state index in [1.165, 1.54) is 7.11 Å². The Balaban J connectivity index is 0. The zero-order valence-electron chi connectivity index (χ0n) is 9.99. The van der Waals surface area contributed by atoms with Gasteiger partial charge in [0.2, 0.25) is 5.91 Å². The highest BCUT2D eigenvalue weighted by Crippen LogP contribution is 1.98. The lowest BCUT2D eigenvalue weighted by Gasteiger charge is -2.14. The number of nitrogens with one attached hydrogen (secondary N) is 1. The van der Waals surface area contributed by atoms with Crippen molar-refractivity contribution >= 4 is 24.3 Å². The standard InChI is InChI=1S/C10H20N2O3.ClH/c1-4-8(10(14)15-3)12-9(13)6-5-7(2)11;/h7-8H,4-6,11H2,1-3H3,(H,12,13);1H. The van der Waals surface area contributed by atoms with Gasteiger partial charge in [-0.2, -0.15) is 0 Å². The number of rotatable bonds is 6. The molecule has 0 saturated heterocycles. The van der Waals surface area contributed by atoms with E-state index in [0.29, 0.717) is 19.3 Å². The summed E-state index contributed by atoms with van der Waals surface area (Å²) in [4.78, 5) is 22.5. The number of methoxy groups -OCH3 is 1. The van der Waals surface area contributed by atoms with Crippen molar-refractivity contribution in [2.24, 2.45) is 5.73 Å². The zero-order valence-corrected chi connectivity index (χ0v) is 10.8. The molecule has 0 aliphatic carbocycles. The van der Waals surface area contributed by atoms with Gasteiger partial charge in [0, 0.05) is 12.5 Å². The van der Waals surface area contributed by atoms with E-state index >= 15 is 0 Å². The maximum atomic E-state index is 11.4. The summed E-state index contributed by atoms with van der Waals surface area (Å²) in [6.45, 7) is 3.65. The first-order valence-corrected chi connectivity index (χ1v) is 5.14. The van der Waals surface area contributed by atoms with Crippen LogP contribution in [-0.4, -0.2) is 31.1 Å². The molecule has 0 rings (SSSR count). The van der Waals surface area contributed by atoms with E-state index < -0.39 is 12.0 Å². The molecule has 96 valence electrons. The van der Waals surface area contributed by atoms with E-state index in [-0.39, 0.29) is 24.4 Å². The fourth-order valence-electron chi connectivity index (χ4n) is 1.10. The van der Waals surface area contributed by atoms with Crippen molar-refractivity contribution in [3.8, 4) is 0 Å². The number of amides is 1. The molecule has 0 aromatic carbocycles. The average molecular weight is 253 g/mol. The average Bonchev–Trinajstić information content (AvgIpc) is 2.21. The van der Waals surface area contributed by atoms with Crippen molar-refractivity contribution in [2.75, 3.05) is 7.11 Å². The molecule has 0 bridgehead atoms. The van der Waals surface area contributed by atoms with E-state index in [1.807, 2.05) is 13.8 Å². The largest absolute Gasteiger partial charge is 0.467 e. The normalized spacial score (nSPS) is 13.2. The molecule has 0 radical (unpaired) electrons. The fourth-order valence-corrected chi connectivity index (χ4v) is 1.10. The number of carbonyl (C=O) groups is 2. The van der Waals surface area contributed by atoms with E-state index in [4.69, 9.17) is 5.73 Å². The molecule has 0 spiro atoms. The van der Waals surface area contributed by atoms with Gasteiger partial charge < -0.3 is 15.8 Å². The molecule has 0 saturated carbocycles. The van der Waals surface area contributed by atoms with E-state index in [9.17, 15) is 9.59 Å². The molecule has 0 aliphatic rings. The molecule has 1 amide bonds.